The van der Waals surface area contributed by atoms with Crippen LogP contribution in [0.4, 0.5) is 11.5 Å². The van der Waals surface area contributed by atoms with Crippen LogP contribution in [0.2, 0.25) is 5.02 Å². The number of benzene rings is 1. The molecule has 0 aliphatic rings. The maximum absolute atomic E-state index is 5.97. The molecule has 21 heavy (non-hydrogen) atoms. The molecule has 0 aliphatic heterocycles. The number of nitrogens with one attached hydrogen (secondary N) is 1. The predicted octanol–water partition coefficient (Wildman–Crippen LogP) is 2.48. The molecule has 2 rings (SSSR count). The number of rotatable bonds is 6. The third kappa shape index (κ3) is 3.96. The molecule has 0 saturated carbocycles. The third-order valence-corrected chi connectivity index (χ3v) is 3.05. The zero-order valence-corrected chi connectivity index (χ0v) is 12.6. The minimum Gasteiger partial charge on any atom is -0.479 e. The third-order valence-electron chi connectivity index (χ3n) is 2.80. The summed E-state index contributed by atoms with van der Waals surface area (Å²) < 4.78 is 10.2. The first-order valence-electron chi connectivity index (χ1n) is 6.31. The second-order valence-corrected chi connectivity index (χ2v) is 4.76. The molecule has 7 heteroatoms. The molecule has 0 amide bonds. The van der Waals surface area contributed by atoms with E-state index in [1.54, 1.807) is 7.11 Å². The Kier molecular flexibility index (Phi) is 5.19. The highest BCUT2D eigenvalue weighted by Crippen LogP contribution is 2.26. The van der Waals surface area contributed by atoms with Crippen LogP contribution < -0.4 is 15.8 Å². The highest BCUT2D eigenvalue weighted by atomic mass is 35.5. The van der Waals surface area contributed by atoms with Crippen molar-refractivity contribution in [2.45, 2.75) is 13.2 Å². The van der Waals surface area contributed by atoms with Crippen LogP contribution in [0.1, 0.15) is 11.4 Å². The highest BCUT2D eigenvalue weighted by Gasteiger charge is 2.12. The van der Waals surface area contributed by atoms with E-state index in [1.807, 2.05) is 24.3 Å². The average Bonchev–Trinajstić information content (AvgIpc) is 2.49. The van der Waals surface area contributed by atoms with E-state index in [9.17, 15) is 0 Å². The van der Waals surface area contributed by atoms with E-state index in [-0.39, 0.29) is 6.61 Å². The van der Waals surface area contributed by atoms with Gasteiger partial charge in [-0.15, -0.1) is 0 Å². The Balaban J connectivity index is 2.17. The standard InChI is InChI=1S/C14H17ClN4O2/c1-20-8-11-18-13(12(16)14(19-11)21-2)17-7-9-3-5-10(15)6-4-9/h3-6H,7-8,16H2,1-2H3,(H,17,18,19). The van der Waals surface area contributed by atoms with Gasteiger partial charge < -0.3 is 20.5 Å². The first-order valence-corrected chi connectivity index (χ1v) is 6.69. The molecule has 0 fully saturated rings. The molecule has 0 spiro atoms. The number of nitrogen functional groups attached to an aromatic ring is 1. The van der Waals surface area contributed by atoms with Crippen LogP contribution in [0, 0.1) is 0 Å². The van der Waals surface area contributed by atoms with Crippen molar-refractivity contribution in [3.8, 4) is 5.88 Å². The lowest BCUT2D eigenvalue weighted by Gasteiger charge is -2.12. The molecule has 0 aliphatic carbocycles. The van der Waals surface area contributed by atoms with E-state index in [4.69, 9.17) is 26.8 Å². The van der Waals surface area contributed by atoms with Gasteiger partial charge in [-0.1, -0.05) is 23.7 Å². The van der Waals surface area contributed by atoms with Crippen molar-refractivity contribution >= 4 is 23.1 Å². The fourth-order valence-electron chi connectivity index (χ4n) is 1.77. The van der Waals surface area contributed by atoms with Crippen molar-refractivity contribution < 1.29 is 9.47 Å². The van der Waals surface area contributed by atoms with Crippen molar-refractivity contribution in [3.05, 3.63) is 40.7 Å². The summed E-state index contributed by atoms with van der Waals surface area (Å²) in [6.07, 6.45) is 0. The van der Waals surface area contributed by atoms with Crippen LogP contribution >= 0.6 is 11.6 Å². The van der Waals surface area contributed by atoms with Crippen molar-refractivity contribution in [2.75, 3.05) is 25.3 Å². The van der Waals surface area contributed by atoms with Crippen LogP contribution in [0.15, 0.2) is 24.3 Å². The molecule has 112 valence electrons. The molecule has 2 aromatic rings. The number of hydrogen-bond acceptors (Lipinski definition) is 6. The lowest BCUT2D eigenvalue weighted by molar-refractivity contribution is 0.177. The average molecular weight is 309 g/mol. The predicted molar refractivity (Wildman–Crippen MR) is 82.5 cm³/mol. The van der Waals surface area contributed by atoms with Crippen LogP contribution in [-0.4, -0.2) is 24.2 Å². The fourth-order valence-corrected chi connectivity index (χ4v) is 1.89. The zero-order valence-electron chi connectivity index (χ0n) is 11.9. The Morgan fingerprint density at radius 2 is 1.90 bits per heavy atom. The molecule has 1 aromatic heterocycles. The summed E-state index contributed by atoms with van der Waals surface area (Å²) >= 11 is 5.86. The Labute approximate surface area is 128 Å². The number of hydrogen-bond donors (Lipinski definition) is 2. The smallest absolute Gasteiger partial charge is 0.242 e. The van der Waals surface area contributed by atoms with Gasteiger partial charge in [0.2, 0.25) is 5.88 Å². The van der Waals surface area contributed by atoms with E-state index >= 15 is 0 Å². The summed E-state index contributed by atoms with van der Waals surface area (Å²) in [5.74, 6) is 1.35. The minimum atomic E-state index is 0.284. The maximum Gasteiger partial charge on any atom is 0.242 e. The molecule has 0 bridgehead atoms. The zero-order chi connectivity index (χ0) is 15.2. The van der Waals surface area contributed by atoms with E-state index < -0.39 is 0 Å². The maximum atomic E-state index is 5.97. The summed E-state index contributed by atoms with van der Waals surface area (Å²) in [4.78, 5) is 8.49. The highest BCUT2D eigenvalue weighted by molar-refractivity contribution is 6.30. The fraction of sp³-hybridized carbons (Fsp3) is 0.286. The summed E-state index contributed by atoms with van der Waals surface area (Å²) in [6, 6.07) is 7.53. The van der Waals surface area contributed by atoms with Gasteiger partial charge in [0.15, 0.2) is 11.6 Å². The normalized spacial score (nSPS) is 10.4. The van der Waals surface area contributed by atoms with Crippen LogP contribution in [0.25, 0.3) is 0 Å². The summed E-state index contributed by atoms with van der Waals surface area (Å²) in [6.45, 7) is 0.847. The van der Waals surface area contributed by atoms with Gasteiger partial charge in [-0.2, -0.15) is 4.98 Å². The van der Waals surface area contributed by atoms with E-state index in [1.165, 1.54) is 7.11 Å². The Hall–Kier alpha value is -2.05. The number of ether oxygens (including phenoxy) is 2. The van der Waals surface area contributed by atoms with E-state index in [2.05, 4.69) is 15.3 Å². The van der Waals surface area contributed by atoms with Gasteiger partial charge >= 0.3 is 0 Å². The summed E-state index contributed by atoms with van der Waals surface area (Å²) in [5, 5.41) is 3.87. The Morgan fingerprint density at radius 1 is 1.19 bits per heavy atom. The van der Waals surface area contributed by atoms with Gasteiger partial charge in [0.05, 0.1) is 7.11 Å². The van der Waals surface area contributed by atoms with E-state index in [0.29, 0.717) is 34.8 Å². The molecule has 0 unspecified atom stereocenters. The lowest BCUT2D eigenvalue weighted by Crippen LogP contribution is -2.10. The molecular formula is C14H17ClN4O2. The van der Waals surface area contributed by atoms with Crippen molar-refractivity contribution in [3.63, 3.8) is 0 Å². The van der Waals surface area contributed by atoms with Crippen LogP contribution in [0.5, 0.6) is 5.88 Å². The van der Waals surface area contributed by atoms with Gasteiger partial charge in [0.1, 0.15) is 12.3 Å². The van der Waals surface area contributed by atoms with Crippen molar-refractivity contribution in [2.24, 2.45) is 0 Å². The Morgan fingerprint density at radius 3 is 2.52 bits per heavy atom. The molecular weight excluding hydrogens is 292 g/mol. The summed E-state index contributed by atoms with van der Waals surface area (Å²) in [7, 11) is 3.09. The van der Waals surface area contributed by atoms with Gasteiger partial charge in [0.25, 0.3) is 0 Å². The van der Waals surface area contributed by atoms with Gasteiger partial charge in [-0.25, -0.2) is 4.98 Å². The second-order valence-electron chi connectivity index (χ2n) is 4.32. The first-order chi connectivity index (χ1) is 10.1. The van der Waals surface area contributed by atoms with Gasteiger partial charge in [0, 0.05) is 18.7 Å². The SMILES string of the molecule is COCc1nc(NCc2ccc(Cl)cc2)c(N)c(OC)n1. The second kappa shape index (κ2) is 7.10. The first kappa shape index (κ1) is 15.3. The minimum absolute atomic E-state index is 0.284. The molecule has 0 saturated heterocycles. The van der Waals surface area contributed by atoms with Gasteiger partial charge in [-0.05, 0) is 17.7 Å². The van der Waals surface area contributed by atoms with Gasteiger partial charge in [-0.3, -0.25) is 0 Å². The largest absolute Gasteiger partial charge is 0.479 e. The molecule has 1 aromatic carbocycles. The quantitative estimate of drug-likeness (QED) is 0.853. The number of methoxy groups -OCH3 is 2. The summed E-state index contributed by atoms with van der Waals surface area (Å²) in [5.41, 5.74) is 7.40. The number of anilines is 2. The number of halogens is 1. The Bertz CT molecular complexity index is 605. The van der Waals surface area contributed by atoms with Crippen molar-refractivity contribution in [1.29, 1.82) is 0 Å². The van der Waals surface area contributed by atoms with E-state index in [0.717, 1.165) is 5.56 Å². The topological polar surface area (TPSA) is 82.3 Å². The molecule has 1 heterocycles. The molecule has 0 radical (unpaired) electrons. The molecule has 0 atom stereocenters. The monoisotopic (exact) mass is 308 g/mol. The number of nitrogens with zero attached hydrogens (tertiary/aromatic N) is 2. The van der Waals surface area contributed by atoms with Crippen LogP contribution in [0.3, 0.4) is 0 Å². The molecule has 3 N–H and O–H groups in total. The lowest BCUT2D eigenvalue weighted by atomic mass is 10.2. The number of nitrogens with two attached hydrogens (primary N) is 1. The van der Waals surface area contributed by atoms with Crippen LogP contribution in [-0.2, 0) is 17.9 Å². The molecule has 6 nitrogen and oxygen atoms in total. The van der Waals surface area contributed by atoms with Crippen molar-refractivity contribution in [1.82, 2.24) is 9.97 Å². The number of aromatic nitrogens is 2.